The Morgan fingerprint density at radius 1 is 1.17 bits per heavy atom. The van der Waals surface area contributed by atoms with Gasteiger partial charge in [0.25, 0.3) is 0 Å². The lowest BCUT2D eigenvalue weighted by atomic mass is 9.83. The van der Waals surface area contributed by atoms with Crippen LogP contribution >= 0.6 is 23.2 Å². The van der Waals surface area contributed by atoms with Crippen LogP contribution in [0, 0.1) is 0 Å². The second-order valence-corrected chi connectivity index (χ2v) is 9.33. The summed E-state index contributed by atoms with van der Waals surface area (Å²) >= 11 is 12.1. The minimum atomic E-state index is -0.452. The van der Waals surface area contributed by atoms with E-state index in [2.05, 4.69) is 4.90 Å². The third-order valence-corrected chi connectivity index (χ3v) is 7.43. The molecule has 1 saturated carbocycles. The lowest BCUT2D eigenvalue weighted by molar-refractivity contribution is -0.200. The molecule has 2 aliphatic heterocycles. The molecule has 1 aliphatic carbocycles. The predicted octanol–water partition coefficient (Wildman–Crippen LogP) is 4.14. The molecule has 0 unspecified atom stereocenters. The van der Waals surface area contributed by atoms with Gasteiger partial charge in [0.1, 0.15) is 0 Å². The predicted molar refractivity (Wildman–Crippen MR) is 114 cm³/mol. The number of carbonyl (C=O) groups is 1. The Labute approximate surface area is 183 Å². The fourth-order valence-electron chi connectivity index (χ4n) is 5.08. The number of piperidine rings is 1. The van der Waals surface area contributed by atoms with E-state index in [0.717, 1.165) is 37.9 Å². The van der Waals surface area contributed by atoms with E-state index in [9.17, 15) is 4.79 Å². The Bertz CT molecular complexity index is 733. The fourth-order valence-corrected chi connectivity index (χ4v) is 5.40. The van der Waals surface area contributed by atoms with Gasteiger partial charge in [-0.15, -0.1) is 0 Å². The maximum absolute atomic E-state index is 13.1. The van der Waals surface area contributed by atoms with Gasteiger partial charge in [0.2, 0.25) is 5.91 Å². The molecule has 160 valence electrons. The van der Waals surface area contributed by atoms with E-state index in [1.54, 1.807) is 12.1 Å². The number of benzene rings is 1. The molecule has 1 amide bonds. The molecule has 3 aliphatic rings. The normalized spacial score (nSPS) is 27.3. The van der Waals surface area contributed by atoms with Crippen molar-refractivity contribution < 1.29 is 14.3 Å². The minimum absolute atomic E-state index is 0.111. The molecule has 5 nitrogen and oxygen atoms in total. The Morgan fingerprint density at radius 3 is 2.59 bits per heavy atom. The maximum Gasteiger partial charge on any atom is 0.227 e. The van der Waals surface area contributed by atoms with Gasteiger partial charge in [-0.3, -0.25) is 9.69 Å². The van der Waals surface area contributed by atoms with Gasteiger partial charge in [-0.05, 0) is 50.0 Å². The summed E-state index contributed by atoms with van der Waals surface area (Å²) in [6.07, 6.45) is 6.63. The van der Waals surface area contributed by atoms with E-state index in [1.165, 1.54) is 19.3 Å². The number of likely N-dealkylation sites (tertiary alicyclic amines) is 1. The van der Waals surface area contributed by atoms with Gasteiger partial charge in [-0.1, -0.05) is 35.7 Å². The molecule has 29 heavy (non-hydrogen) atoms. The highest BCUT2D eigenvalue weighted by Crippen LogP contribution is 2.40. The second kappa shape index (κ2) is 9.11. The van der Waals surface area contributed by atoms with Gasteiger partial charge in [0.05, 0.1) is 29.7 Å². The molecule has 2 heterocycles. The van der Waals surface area contributed by atoms with Gasteiger partial charge >= 0.3 is 0 Å². The summed E-state index contributed by atoms with van der Waals surface area (Å²) < 4.78 is 12.1. The number of carbonyl (C=O) groups excluding carboxylic acids is 1. The zero-order chi connectivity index (χ0) is 20.4. The first-order valence-electron chi connectivity index (χ1n) is 10.7. The van der Waals surface area contributed by atoms with Crippen molar-refractivity contribution >= 4 is 29.1 Å². The first kappa shape index (κ1) is 21.4. The molecular weight excluding hydrogens is 411 g/mol. The average Bonchev–Trinajstić information content (AvgIpc) is 3.18. The van der Waals surface area contributed by atoms with Crippen molar-refractivity contribution in [2.45, 2.75) is 62.8 Å². The van der Waals surface area contributed by atoms with Crippen LogP contribution in [-0.2, 0) is 20.7 Å². The summed E-state index contributed by atoms with van der Waals surface area (Å²) in [5, 5.41) is 0.997. The summed E-state index contributed by atoms with van der Waals surface area (Å²) in [4.78, 5) is 17.6. The molecule has 1 aromatic rings. The van der Waals surface area contributed by atoms with Crippen LogP contribution in [-0.4, -0.2) is 66.9 Å². The molecule has 7 heteroatoms. The summed E-state index contributed by atoms with van der Waals surface area (Å²) in [6.45, 7) is 3.52. The summed E-state index contributed by atoms with van der Waals surface area (Å²) in [6, 6.07) is 5.85. The van der Waals surface area contributed by atoms with Crippen molar-refractivity contribution in [2.24, 2.45) is 0 Å². The van der Waals surface area contributed by atoms with Crippen molar-refractivity contribution in [3.63, 3.8) is 0 Å². The lowest BCUT2D eigenvalue weighted by Crippen LogP contribution is -2.60. The Kier molecular flexibility index (Phi) is 6.72. The Morgan fingerprint density at radius 2 is 1.90 bits per heavy atom. The zero-order valence-electron chi connectivity index (χ0n) is 17.0. The van der Waals surface area contributed by atoms with E-state index >= 15 is 0 Å². The number of halogens is 2. The molecule has 1 spiro atoms. The quantitative estimate of drug-likeness (QED) is 0.704. The number of rotatable bonds is 4. The highest BCUT2D eigenvalue weighted by molar-refractivity contribution is 6.42. The van der Waals surface area contributed by atoms with Crippen LogP contribution in [0.2, 0.25) is 10.0 Å². The van der Waals surface area contributed by atoms with Gasteiger partial charge in [-0.25, -0.2) is 0 Å². The number of amides is 1. The van der Waals surface area contributed by atoms with Crippen LogP contribution < -0.4 is 0 Å². The molecule has 3 fully saturated rings. The third kappa shape index (κ3) is 4.75. The summed E-state index contributed by atoms with van der Waals surface area (Å²) in [7, 11) is 1.94. The Balaban J connectivity index is 1.48. The standard InChI is InChI=1S/C22H30Cl2N2O3/c1-25(21(27)14-16-5-6-17(23)18(24)13-16)19-7-8-22(28-11-12-29-22)15-20(19)26-9-3-2-4-10-26/h5-6,13,19-20H,2-4,7-12,14-15H2,1H3/t19-,20-/m0/s1. The molecule has 0 radical (unpaired) electrons. The molecule has 0 aromatic heterocycles. The van der Waals surface area contributed by atoms with Crippen molar-refractivity contribution in [1.82, 2.24) is 9.80 Å². The van der Waals surface area contributed by atoms with Crippen LogP contribution in [0.15, 0.2) is 18.2 Å². The van der Waals surface area contributed by atoms with E-state index in [-0.39, 0.29) is 18.0 Å². The van der Waals surface area contributed by atoms with Crippen LogP contribution in [0.5, 0.6) is 0 Å². The number of likely N-dealkylation sites (N-methyl/N-ethyl adjacent to an activating group) is 1. The molecule has 2 atom stereocenters. The molecule has 0 N–H and O–H groups in total. The van der Waals surface area contributed by atoms with Crippen molar-refractivity contribution in [1.29, 1.82) is 0 Å². The number of hydrogen-bond acceptors (Lipinski definition) is 4. The maximum atomic E-state index is 13.1. The molecular formula is C22H30Cl2N2O3. The van der Waals surface area contributed by atoms with E-state index in [4.69, 9.17) is 32.7 Å². The molecule has 1 aromatic carbocycles. The minimum Gasteiger partial charge on any atom is -0.347 e. The van der Waals surface area contributed by atoms with Gasteiger partial charge in [0, 0.05) is 32.0 Å². The van der Waals surface area contributed by atoms with E-state index < -0.39 is 5.79 Å². The first-order valence-corrected chi connectivity index (χ1v) is 11.4. The largest absolute Gasteiger partial charge is 0.347 e. The smallest absolute Gasteiger partial charge is 0.227 e. The van der Waals surface area contributed by atoms with Crippen LogP contribution in [0.4, 0.5) is 0 Å². The highest BCUT2D eigenvalue weighted by atomic mass is 35.5. The molecule has 4 rings (SSSR count). The molecule has 0 bridgehead atoms. The van der Waals surface area contributed by atoms with Crippen LogP contribution in [0.3, 0.4) is 0 Å². The monoisotopic (exact) mass is 440 g/mol. The molecule has 2 saturated heterocycles. The van der Waals surface area contributed by atoms with Gasteiger partial charge < -0.3 is 14.4 Å². The Hall–Kier alpha value is -0.850. The highest BCUT2D eigenvalue weighted by Gasteiger charge is 2.48. The first-order chi connectivity index (χ1) is 14.0. The fraction of sp³-hybridized carbons (Fsp3) is 0.682. The number of hydrogen-bond donors (Lipinski definition) is 0. The van der Waals surface area contributed by atoms with Crippen LogP contribution in [0.25, 0.3) is 0 Å². The van der Waals surface area contributed by atoms with Crippen LogP contribution in [0.1, 0.15) is 44.1 Å². The van der Waals surface area contributed by atoms with Crippen molar-refractivity contribution in [3.8, 4) is 0 Å². The summed E-state index contributed by atoms with van der Waals surface area (Å²) in [5.41, 5.74) is 0.889. The van der Waals surface area contributed by atoms with E-state index in [0.29, 0.717) is 29.7 Å². The van der Waals surface area contributed by atoms with Gasteiger partial charge in [-0.2, -0.15) is 0 Å². The van der Waals surface area contributed by atoms with Crippen molar-refractivity contribution in [2.75, 3.05) is 33.4 Å². The van der Waals surface area contributed by atoms with E-state index in [1.807, 2.05) is 18.0 Å². The lowest BCUT2D eigenvalue weighted by Gasteiger charge is -2.49. The number of nitrogens with zero attached hydrogens (tertiary/aromatic N) is 2. The topological polar surface area (TPSA) is 42.0 Å². The van der Waals surface area contributed by atoms with Gasteiger partial charge in [0.15, 0.2) is 5.79 Å². The van der Waals surface area contributed by atoms with Crippen molar-refractivity contribution in [3.05, 3.63) is 33.8 Å². The SMILES string of the molecule is CN(C(=O)Cc1ccc(Cl)c(Cl)c1)[C@H]1CCC2(C[C@@H]1N1CCCCC1)OCCO2. The zero-order valence-corrected chi connectivity index (χ0v) is 18.6. The average molecular weight is 441 g/mol. The number of ether oxygens (including phenoxy) is 2. The summed E-state index contributed by atoms with van der Waals surface area (Å²) in [5.74, 6) is -0.341. The second-order valence-electron chi connectivity index (χ2n) is 8.51. The third-order valence-electron chi connectivity index (χ3n) is 6.69.